The Bertz CT molecular complexity index is 840. The van der Waals surface area contributed by atoms with Gasteiger partial charge in [0, 0.05) is 18.3 Å². The van der Waals surface area contributed by atoms with Crippen molar-refractivity contribution in [1.29, 1.82) is 0 Å². The molecule has 0 saturated carbocycles. The minimum atomic E-state index is -0.479. The largest absolute Gasteiger partial charge is 0.399 e. The van der Waals surface area contributed by atoms with Crippen LogP contribution in [0.5, 0.6) is 0 Å². The number of aryl methyl sites for hydroxylation is 1. The van der Waals surface area contributed by atoms with Gasteiger partial charge in [0.15, 0.2) is 11.6 Å². The summed E-state index contributed by atoms with van der Waals surface area (Å²) in [6, 6.07) is 9.52. The van der Waals surface area contributed by atoms with Gasteiger partial charge in [-0.05, 0) is 30.3 Å². The summed E-state index contributed by atoms with van der Waals surface area (Å²) in [5, 5.41) is 4.93. The number of nitrogens with zero attached hydrogens (tertiary/aromatic N) is 3. The van der Waals surface area contributed by atoms with Crippen molar-refractivity contribution in [2.24, 2.45) is 7.05 Å². The monoisotopic (exact) mass is 336 g/mol. The highest BCUT2D eigenvalue weighted by Gasteiger charge is 2.18. The number of nitrogen functional groups attached to an aromatic ring is 1. The first-order valence-corrected chi connectivity index (χ1v) is 7.14. The zero-order valence-corrected chi connectivity index (χ0v) is 13.0. The number of anilines is 1. The Balaban J connectivity index is 2.16. The van der Waals surface area contributed by atoms with Crippen molar-refractivity contribution >= 4 is 28.9 Å². The van der Waals surface area contributed by atoms with Gasteiger partial charge in [-0.1, -0.05) is 29.3 Å². The van der Waals surface area contributed by atoms with Crippen LogP contribution in [0.4, 0.5) is 10.1 Å². The van der Waals surface area contributed by atoms with E-state index in [-0.39, 0.29) is 16.4 Å². The maximum atomic E-state index is 14.0. The molecule has 1 heterocycles. The summed E-state index contributed by atoms with van der Waals surface area (Å²) in [6.07, 6.45) is 0. The normalized spacial score (nSPS) is 10.9. The van der Waals surface area contributed by atoms with Crippen LogP contribution in [0.3, 0.4) is 0 Å². The first-order chi connectivity index (χ1) is 10.5. The summed E-state index contributed by atoms with van der Waals surface area (Å²) in [5.41, 5.74) is 7.06. The fraction of sp³-hybridized carbons (Fsp3) is 0.0667. The van der Waals surface area contributed by atoms with E-state index in [2.05, 4.69) is 10.1 Å². The topological polar surface area (TPSA) is 56.7 Å². The second-order valence-electron chi connectivity index (χ2n) is 4.72. The van der Waals surface area contributed by atoms with Crippen LogP contribution in [0.1, 0.15) is 0 Å². The molecule has 0 fully saturated rings. The number of benzene rings is 2. The Kier molecular flexibility index (Phi) is 3.76. The van der Waals surface area contributed by atoms with Crippen molar-refractivity contribution in [1.82, 2.24) is 14.8 Å². The fourth-order valence-electron chi connectivity index (χ4n) is 2.15. The predicted molar refractivity (Wildman–Crippen MR) is 86.3 cm³/mol. The second kappa shape index (κ2) is 5.59. The zero-order valence-electron chi connectivity index (χ0n) is 11.5. The number of nitrogens with two attached hydrogens (primary N) is 1. The van der Waals surface area contributed by atoms with E-state index in [0.29, 0.717) is 22.1 Å². The molecule has 0 bridgehead atoms. The quantitative estimate of drug-likeness (QED) is 0.714. The third-order valence-electron chi connectivity index (χ3n) is 3.18. The van der Waals surface area contributed by atoms with Crippen LogP contribution in [0.15, 0.2) is 36.4 Å². The van der Waals surface area contributed by atoms with E-state index in [9.17, 15) is 4.39 Å². The molecule has 2 N–H and O–H groups in total. The molecule has 7 heteroatoms. The van der Waals surface area contributed by atoms with Gasteiger partial charge in [-0.15, -0.1) is 0 Å². The molecule has 0 saturated heterocycles. The van der Waals surface area contributed by atoms with Gasteiger partial charge >= 0.3 is 0 Å². The van der Waals surface area contributed by atoms with Gasteiger partial charge < -0.3 is 5.73 Å². The van der Waals surface area contributed by atoms with Gasteiger partial charge in [-0.2, -0.15) is 5.10 Å². The molecular formula is C15H11Cl2FN4. The highest BCUT2D eigenvalue weighted by molar-refractivity contribution is 6.33. The number of halogens is 3. The molecule has 3 rings (SSSR count). The van der Waals surface area contributed by atoms with Gasteiger partial charge in [-0.3, -0.25) is 0 Å². The van der Waals surface area contributed by atoms with Crippen molar-refractivity contribution in [2.45, 2.75) is 0 Å². The molecule has 0 radical (unpaired) electrons. The zero-order chi connectivity index (χ0) is 15.9. The van der Waals surface area contributed by atoms with Crippen LogP contribution >= 0.6 is 23.2 Å². The average Bonchev–Trinajstić information content (AvgIpc) is 2.80. The van der Waals surface area contributed by atoms with Crippen LogP contribution in [-0.2, 0) is 7.05 Å². The number of rotatable bonds is 2. The first kappa shape index (κ1) is 14.8. The van der Waals surface area contributed by atoms with Gasteiger partial charge in [-0.25, -0.2) is 14.1 Å². The summed E-state index contributed by atoms with van der Waals surface area (Å²) < 4.78 is 15.5. The van der Waals surface area contributed by atoms with Crippen LogP contribution in [0.2, 0.25) is 10.0 Å². The van der Waals surface area contributed by atoms with Crippen LogP contribution < -0.4 is 5.73 Å². The molecule has 3 aromatic rings. The van der Waals surface area contributed by atoms with Gasteiger partial charge in [0.1, 0.15) is 5.82 Å². The van der Waals surface area contributed by atoms with Gasteiger partial charge in [0.25, 0.3) is 0 Å². The van der Waals surface area contributed by atoms with Crippen molar-refractivity contribution in [3.63, 3.8) is 0 Å². The molecule has 112 valence electrons. The third-order valence-corrected chi connectivity index (χ3v) is 3.81. The van der Waals surface area contributed by atoms with E-state index >= 15 is 0 Å². The number of hydrogen-bond donors (Lipinski definition) is 1. The Morgan fingerprint density at radius 2 is 1.91 bits per heavy atom. The van der Waals surface area contributed by atoms with E-state index in [1.54, 1.807) is 31.3 Å². The molecule has 0 unspecified atom stereocenters. The summed E-state index contributed by atoms with van der Waals surface area (Å²) in [7, 11) is 1.70. The molecule has 1 aromatic heterocycles. The maximum Gasteiger partial charge on any atom is 0.186 e. The third kappa shape index (κ3) is 2.53. The minimum absolute atomic E-state index is 0.164. The van der Waals surface area contributed by atoms with E-state index in [1.165, 1.54) is 16.8 Å². The lowest BCUT2D eigenvalue weighted by atomic mass is 10.2. The fourth-order valence-corrected chi connectivity index (χ4v) is 2.67. The Hall–Kier alpha value is -2.11. The molecule has 0 aliphatic rings. The number of hydrogen-bond acceptors (Lipinski definition) is 3. The molecule has 4 nitrogen and oxygen atoms in total. The van der Waals surface area contributed by atoms with Crippen molar-refractivity contribution in [2.75, 3.05) is 5.73 Å². The lowest BCUT2D eigenvalue weighted by Gasteiger charge is -2.03. The first-order valence-electron chi connectivity index (χ1n) is 6.38. The van der Waals surface area contributed by atoms with E-state index in [0.717, 1.165) is 0 Å². The summed E-state index contributed by atoms with van der Waals surface area (Å²) in [6.45, 7) is 0. The molecular weight excluding hydrogens is 326 g/mol. The summed E-state index contributed by atoms with van der Waals surface area (Å²) in [4.78, 5) is 4.36. The second-order valence-corrected chi connectivity index (χ2v) is 5.53. The standard InChI is InChI=1S/C15H11Cl2FN4/c1-22-15(9-6-5-8(19)7-11(9)17)20-14(21-22)13-10(16)3-2-4-12(13)18/h2-7H,19H2,1H3. The Morgan fingerprint density at radius 1 is 1.14 bits per heavy atom. The van der Waals surface area contributed by atoms with Crippen molar-refractivity contribution < 1.29 is 4.39 Å². The molecule has 0 aliphatic heterocycles. The summed E-state index contributed by atoms with van der Waals surface area (Å²) in [5.74, 6) is 0.223. The predicted octanol–water partition coefficient (Wildman–Crippen LogP) is 4.18. The van der Waals surface area contributed by atoms with E-state index in [4.69, 9.17) is 28.9 Å². The van der Waals surface area contributed by atoms with Gasteiger partial charge in [0.2, 0.25) is 0 Å². The molecule has 0 spiro atoms. The Labute approximate surface area is 136 Å². The van der Waals surface area contributed by atoms with Crippen LogP contribution in [0.25, 0.3) is 22.8 Å². The van der Waals surface area contributed by atoms with Crippen molar-refractivity contribution in [3.05, 3.63) is 52.3 Å². The van der Waals surface area contributed by atoms with Crippen LogP contribution in [-0.4, -0.2) is 14.8 Å². The number of aromatic nitrogens is 3. The highest BCUT2D eigenvalue weighted by atomic mass is 35.5. The smallest absolute Gasteiger partial charge is 0.186 e. The SMILES string of the molecule is Cn1nc(-c2c(F)cccc2Cl)nc1-c1ccc(N)cc1Cl. The lowest BCUT2D eigenvalue weighted by Crippen LogP contribution is -1.96. The Morgan fingerprint density at radius 3 is 2.59 bits per heavy atom. The minimum Gasteiger partial charge on any atom is -0.399 e. The molecule has 2 aromatic carbocycles. The van der Waals surface area contributed by atoms with Gasteiger partial charge in [0.05, 0.1) is 15.6 Å². The maximum absolute atomic E-state index is 14.0. The highest BCUT2D eigenvalue weighted by Crippen LogP contribution is 2.32. The van der Waals surface area contributed by atoms with Crippen molar-refractivity contribution in [3.8, 4) is 22.8 Å². The molecule has 22 heavy (non-hydrogen) atoms. The average molecular weight is 337 g/mol. The van der Waals surface area contributed by atoms with E-state index in [1.807, 2.05) is 0 Å². The molecule has 0 amide bonds. The van der Waals surface area contributed by atoms with E-state index < -0.39 is 5.82 Å². The van der Waals surface area contributed by atoms with Crippen LogP contribution in [0, 0.1) is 5.82 Å². The molecule has 0 aliphatic carbocycles. The lowest BCUT2D eigenvalue weighted by molar-refractivity contribution is 0.629. The molecule has 0 atom stereocenters. The summed E-state index contributed by atoms with van der Waals surface area (Å²) >= 11 is 12.2.